The molecule has 0 saturated carbocycles. The second kappa shape index (κ2) is 13.1. The van der Waals surface area contributed by atoms with E-state index in [1.807, 2.05) is 39.8 Å². The molecule has 196 valence electrons. The first-order chi connectivity index (χ1) is 16.2. The molecule has 0 aliphatic carbocycles. The van der Waals surface area contributed by atoms with Crippen LogP contribution in [0.4, 0.5) is 4.79 Å². The van der Waals surface area contributed by atoms with Gasteiger partial charge in [-0.3, -0.25) is 14.4 Å². The van der Waals surface area contributed by atoms with Gasteiger partial charge in [0.1, 0.15) is 24.2 Å². The Labute approximate surface area is 208 Å². The highest BCUT2D eigenvalue weighted by atomic mass is 16.6. The molecule has 0 spiro atoms. The Balaban J connectivity index is 3.43. The van der Waals surface area contributed by atoms with Crippen LogP contribution in [0.2, 0.25) is 0 Å². The Morgan fingerprint density at radius 2 is 1.71 bits per heavy atom. The maximum absolute atomic E-state index is 13.8. The number of amides is 3. The molecule has 0 fully saturated rings. The van der Waals surface area contributed by atoms with Gasteiger partial charge >= 0.3 is 12.1 Å². The lowest BCUT2D eigenvalue weighted by Gasteiger charge is -2.35. The molecular formula is C26H41N3O6. The molecular weight excluding hydrogens is 450 g/mol. The summed E-state index contributed by atoms with van der Waals surface area (Å²) in [5.74, 6) is -1.44. The Hall–Kier alpha value is -3.10. The number of nitrogens with zero attached hydrogens (tertiary/aromatic N) is 1. The van der Waals surface area contributed by atoms with Gasteiger partial charge in [0.05, 0.1) is 7.11 Å². The summed E-state index contributed by atoms with van der Waals surface area (Å²) in [6.45, 7) is 14.6. The fourth-order valence-corrected chi connectivity index (χ4v) is 3.66. The molecule has 0 radical (unpaired) electrons. The van der Waals surface area contributed by atoms with Crippen LogP contribution in [0.25, 0.3) is 0 Å². The largest absolute Gasteiger partial charge is 0.468 e. The number of nitrogens with one attached hydrogen (secondary N) is 2. The molecule has 0 aliphatic rings. The third kappa shape index (κ3) is 9.22. The third-order valence-corrected chi connectivity index (χ3v) is 5.46. The summed E-state index contributed by atoms with van der Waals surface area (Å²) in [5.41, 5.74) is 1.73. The summed E-state index contributed by atoms with van der Waals surface area (Å²) in [4.78, 5) is 52.8. The molecule has 3 amide bonds. The van der Waals surface area contributed by atoms with E-state index in [2.05, 4.69) is 15.4 Å². The molecule has 0 saturated heterocycles. The van der Waals surface area contributed by atoms with Gasteiger partial charge in [-0.05, 0) is 70.6 Å². The average molecular weight is 492 g/mol. The van der Waals surface area contributed by atoms with Crippen LogP contribution in [0.15, 0.2) is 18.2 Å². The maximum atomic E-state index is 13.8. The maximum Gasteiger partial charge on any atom is 0.408 e. The van der Waals surface area contributed by atoms with Gasteiger partial charge in [-0.15, -0.1) is 0 Å². The van der Waals surface area contributed by atoms with Gasteiger partial charge in [-0.2, -0.15) is 0 Å². The summed E-state index contributed by atoms with van der Waals surface area (Å²) in [5, 5.41) is 5.27. The van der Waals surface area contributed by atoms with Crippen LogP contribution < -0.4 is 10.6 Å². The number of aryl methyl sites for hydroxylation is 1. The second-order valence-corrected chi connectivity index (χ2v) is 9.94. The van der Waals surface area contributed by atoms with Gasteiger partial charge in [-0.1, -0.05) is 32.0 Å². The van der Waals surface area contributed by atoms with E-state index in [9.17, 15) is 19.2 Å². The van der Waals surface area contributed by atoms with Gasteiger partial charge in [-0.25, -0.2) is 4.79 Å². The number of esters is 1. The first-order valence-electron chi connectivity index (χ1n) is 11.9. The minimum atomic E-state index is -1.01. The zero-order chi connectivity index (χ0) is 26.9. The molecule has 0 heterocycles. The molecule has 2 unspecified atom stereocenters. The molecule has 0 aliphatic heterocycles. The third-order valence-electron chi connectivity index (χ3n) is 5.46. The smallest absolute Gasteiger partial charge is 0.408 e. The van der Waals surface area contributed by atoms with Gasteiger partial charge < -0.3 is 25.0 Å². The first-order valence-corrected chi connectivity index (χ1v) is 11.9. The van der Waals surface area contributed by atoms with Crippen molar-refractivity contribution in [1.82, 2.24) is 15.5 Å². The molecule has 35 heavy (non-hydrogen) atoms. The van der Waals surface area contributed by atoms with Crippen molar-refractivity contribution < 1.29 is 28.7 Å². The fraction of sp³-hybridized carbons (Fsp3) is 0.615. The standard InChI is InChI=1S/C26H41N3O6/c1-10-29(24(32)20(14-16(2)3)28-25(33)35-26(6,7)8)22(23(31)27-15-21(30)34-9)19-13-11-12-17(4)18(19)5/h11-13,16,20,22H,10,14-15H2,1-9H3,(H,27,31)(H,28,33). The predicted molar refractivity (Wildman–Crippen MR) is 134 cm³/mol. The summed E-state index contributed by atoms with van der Waals surface area (Å²) < 4.78 is 10.00. The van der Waals surface area contributed by atoms with Crippen molar-refractivity contribution in [3.05, 3.63) is 34.9 Å². The minimum absolute atomic E-state index is 0.0879. The van der Waals surface area contributed by atoms with E-state index in [-0.39, 0.29) is 19.0 Å². The summed E-state index contributed by atoms with van der Waals surface area (Å²) in [6, 6.07) is 3.63. The molecule has 1 aromatic rings. The Morgan fingerprint density at radius 1 is 1.09 bits per heavy atom. The van der Waals surface area contributed by atoms with E-state index < -0.39 is 41.6 Å². The molecule has 9 nitrogen and oxygen atoms in total. The van der Waals surface area contributed by atoms with E-state index in [0.29, 0.717) is 12.0 Å². The normalized spacial score (nSPS) is 13.0. The lowest BCUT2D eigenvalue weighted by atomic mass is 9.94. The number of hydrogen-bond acceptors (Lipinski definition) is 6. The number of carbonyl (C=O) groups is 4. The van der Waals surface area contributed by atoms with E-state index in [4.69, 9.17) is 4.74 Å². The number of ether oxygens (including phenoxy) is 2. The van der Waals surface area contributed by atoms with Crippen molar-refractivity contribution in [3.63, 3.8) is 0 Å². The van der Waals surface area contributed by atoms with Crippen molar-refractivity contribution in [2.75, 3.05) is 20.2 Å². The van der Waals surface area contributed by atoms with Crippen LogP contribution in [0.5, 0.6) is 0 Å². The summed E-state index contributed by atoms with van der Waals surface area (Å²) in [6.07, 6.45) is -0.344. The molecule has 0 bridgehead atoms. The molecule has 1 rings (SSSR count). The van der Waals surface area contributed by atoms with Crippen LogP contribution in [0.3, 0.4) is 0 Å². The average Bonchev–Trinajstić information content (AvgIpc) is 2.75. The van der Waals surface area contributed by atoms with Crippen LogP contribution >= 0.6 is 0 Å². The van der Waals surface area contributed by atoms with Crippen molar-refractivity contribution in [2.24, 2.45) is 5.92 Å². The molecule has 0 aromatic heterocycles. The predicted octanol–water partition coefficient (Wildman–Crippen LogP) is 3.42. The van der Waals surface area contributed by atoms with Crippen LogP contribution in [0, 0.1) is 19.8 Å². The topological polar surface area (TPSA) is 114 Å². The number of rotatable bonds is 10. The first kappa shape index (κ1) is 29.9. The number of hydrogen-bond donors (Lipinski definition) is 2. The molecule has 9 heteroatoms. The van der Waals surface area contributed by atoms with Gasteiger partial charge in [0.25, 0.3) is 0 Å². The van der Waals surface area contributed by atoms with Crippen molar-refractivity contribution in [3.8, 4) is 0 Å². The van der Waals surface area contributed by atoms with Crippen molar-refractivity contribution in [2.45, 2.75) is 79.5 Å². The van der Waals surface area contributed by atoms with Crippen molar-refractivity contribution in [1.29, 1.82) is 0 Å². The monoisotopic (exact) mass is 491 g/mol. The summed E-state index contributed by atoms with van der Waals surface area (Å²) >= 11 is 0. The quantitative estimate of drug-likeness (QED) is 0.485. The van der Waals surface area contributed by atoms with Crippen LogP contribution in [-0.4, -0.2) is 60.6 Å². The lowest BCUT2D eigenvalue weighted by Crippen LogP contribution is -2.53. The van der Waals surface area contributed by atoms with Crippen LogP contribution in [-0.2, 0) is 23.9 Å². The highest BCUT2D eigenvalue weighted by Crippen LogP contribution is 2.27. The number of alkyl carbamates (subject to hydrolysis) is 1. The minimum Gasteiger partial charge on any atom is -0.468 e. The SMILES string of the molecule is CCN(C(=O)C(CC(C)C)NC(=O)OC(C)(C)C)C(C(=O)NCC(=O)OC)c1cccc(C)c1C. The van der Waals surface area contributed by atoms with Gasteiger partial charge in [0.2, 0.25) is 11.8 Å². The summed E-state index contributed by atoms with van der Waals surface area (Å²) in [7, 11) is 1.23. The Bertz CT molecular complexity index is 907. The second-order valence-electron chi connectivity index (χ2n) is 9.94. The fourth-order valence-electron chi connectivity index (χ4n) is 3.66. The Kier molecular flexibility index (Phi) is 11.2. The highest BCUT2D eigenvalue weighted by molar-refractivity contribution is 5.93. The zero-order valence-corrected chi connectivity index (χ0v) is 22.5. The van der Waals surface area contributed by atoms with E-state index in [1.165, 1.54) is 12.0 Å². The van der Waals surface area contributed by atoms with Gasteiger partial charge in [0, 0.05) is 6.54 Å². The number of benzene rings is 1. The zero-order valence-electron chi connectivity index (χ0n) is 22.5. The number of carbonyl (C=O) groups excluding carboxylic acids is 4. The van der Waals surface area contributed by atoms with Crippen molar-refractivity contribution >= 4 is 23.9 Å². The molecule has 2 atom stereocenters. The molecule has 1 aromatic carbocycles. The van der Waals surface area contributed by atoms with E-state index >= 15 is 0 Å². The number of methoxy groups -OCH3 is 1. The Morgan fingerprint density at radius 3 is 2.23 bits per heavy atom. The van der Waals surface area contributed by atoms with E-state index in [0.717, 1.165) is 11.1 Å². The molecule has 2 N–H and O–H groups in total. The lowest BCUT2D eigenvalue weighted by molar-refractivity contribution is -0.144. The van der Waals surface area contributed by atoms with E-state index in [1.54, 1.807) is 33.8 Å². The highest BCUT2D eigenvalue weighted by Gasteiger charge is 2.36. The van der Waals surface area contributed by atoms with Crippen LogP contribution in [0.1, 0.15) is 70.7 Å². The number of likely N-dealkylation sites (N-methyl/N-ethyl adjacent to an activating group) is 1. The van der Waals surface area contributed by atoms with Gasteiger partial charge in [0.15, 0.2) is 0 Å².